The van der Waals surface area contributed by atoms with Crippen LogP contribution in [0.1, 0.15) is 19.3 Å². The molecule has 1 heterocycles. The van der Waals surface area contributed by atoms with Gasteiger partial charge in [0.25, 0.3) is 0 Å². The van der Waals surface area contributed by atoms with Gasteiger partial charge in [0.15, 0.2) is 11.5 Å². The molecule has 1 atom stereocenters. The lowest BCUT2D eigenvalue weighted by molar-refractivity contribution is -0.138. The highest BCUT2D eigenvalue weighted by Gasteiger charge is 2.26. The van der Waals surface area contributed by atoms with Crippen molar-refractivity contribution in [2.24, 2.45) is 0 Å². The van der Waals surface area contributed by atoms with Crippen molar-refractivity contribution in [3.63, 3.8) is 0 Å². The van der Waals surface area contributed by atoms with Gasteiger partial charge in [0, 0.05) is 12.6 Å². The molecule has 110 valence electrons. The number of likely N-dealkylation sites (tertiary alicyclic amines) is 1. The number of ether oxygens (including phenoxy) is 2. The molecule has 0 amide bonds. The summed E-state index contributed by atoms with van der Waals surface area (Å²) in [6.45, 7) is 2.24. The van der Waals surface area contributed by atoms with Gasteiger partial charge in [0.05, 0.1) is 13.5 Å². The van der Waals surface area contributed by atoms with Crippen LogP contribution in [0.5, 0.6) is 11.5 Å². The van der Waals surface area contributed by atoms with Crippen LogP contribution in [0.3, 0.4) is 0 Å². The predicted molar refractivity (Wildman–Crippen MR) is 75.3 cm³/mol. The zero-order valence-corrected chi connectivity index (χ0v) is 11.7. The first kappa shape index (κ1) is 14.7. The molecule has 0 aromatic heterocycles. The van der Waals surface area contributed by atoms with Gasteiger partial charge in [-0.1, -0.05) is 12.1 Å². The number of carboxylic acid groups (broad SMARTS) is 1. The lowest BCUT2D eigenvalue weighted by atomic mass is 10.1. The van der Waals surface area contributed by atoms with Gasteiger partial charge in [-0.05, 0) is 31.5 Å². The van der Waals surface area contributed by atoms with E-state index in [0.717, 1.165) is 37.4 Å². The molecule has 5 heteroatoms. The summed E-state index contributed by atoms with van der Waals surface area (Å²) in [5, 5.41) is 8.89. The van der Waals surface area contributed by atoms with Gasteiger partial charge in [-0.3, -0.25) is 9.69 Å². The number of hydrogen-bond acceptors (Lipinski definition) is 4. The number of hydrogen-bond donors (Lipinski definition) is 1. The minimum atomic E-state index is -0.729. The van der Waals surface area contributed by atoms with Crippen LogP contribution in [0.2, 0.25) is 0 Å². The van der Waals surface area contributed by atoms with Crippen molar-refractivity contribution in [2.45, 2.75) is 25.3 Å². The lowest BCUT2D eigenvalue weighted by Gasteiger charge is -2.23. The van der Waals surface area contributed by atoms with Crippen LogP contribution in [-0.2, 0) is 4.79 Å². The minimum absolute atomic E-state index is 0.147. The van der Waals surface area contributed by atoms with Crippen LogP contribution in [-0.4, -0.2) is 48.8 Å². The second-order valence-corrected chi connectivity index (χ2v) is 4.93. The summed E-state index contributed by atoms with van der Waals surface area (Å²) in [4.78, 5) is 13.0. The van der Waals surface area contributed by atoms with E-state index in [9.17, 15) is 4.79 Å². The third-order valence-electron chi connectivity index (χ3n) is 3.61. The SMILES string of the molecule is COc1ccccc1OCCN1CCCC1CC(=O)O. The Hall–Kier alpha value is -1.75. The lowest BCUT2D eigenvalue weighted by Crippen LogP contribution is -2.34. The molecule has 1 saturated heterocycles. The molecule has 1 aliphatic rings. The number of nitrogens with zero attached hydrogens (tertiary/aromatic N) is 1. The van der Waals surface area contributed by atoms with Gasteiger partial charge in [-0.25, -0.2) is 0 Å². The van der Waals surface area contributed by atoms with Crippen molar-refractivity contribution in [3.8, 4) is 11.5 Å². The van der Waals surface area contributed by atoms with E-state index < -0.39 is 5.97 Å². The van der Waals surface area contributed by atoms with E-state index >= 15 is 0 Å². The summed E-state index contributed by atoms with van der Waals surface area (Å²) in [7, 11) is 1.62. The standard InChI is InChI=1S/C15H21NO4/c1-19-13-6-2-3-7-14(13)20-10-9-16-8-4-5-12(16)11-15(17)18/h2-3,6-7,12H,4-5,8-11H2,1H3,(H,17,18). The molecule has 1 fully saturated rings. The van der Waals surface area contributed by atoms with Crippen molar-refractivity contribution in [1.82, 2.24) is 4.90 Å². The second kappa shape index (κ2) is 7.14. The van der Waals surface area contributed by atoms with Crippen LogP contribution in [0.4, 0.5) is 0 Å². The molecule has 0 bridgehead atoms. The molecular weight excluding hydrogens is 258 g/mol. The largest absolute Gasteiger partial charge is 0.493 e. The second-order valence-electron chi connectivity index (χ2n) is 4.93. The van der Waals surface area contributed by atoms with Crippen LogP contribution < -0.4 is 9.47 Å². The molecule has 0 aliphatic carbocycles. The summed E-state index contributed by atoms with van der Waals surface area (Å²) in [6.07, 6.45) is 2.24. The average molecular weight is 279 g/mol. The Balaban J connectivity index is 1.81. The molecule has 0 radical (unpaired) electrons. The molecule has 2 rings (SSSR count). The van der Waals surface area contributed by atoms with Crippen LogP contribution in [0.15, 0.2) is 24.3 Å². The quantitative estimate of drug-likeness (QED) is 0.827. The van der Waals surface area contributed by atoms with Gasteiger partial charge in [0.1, 0.15) is 6.61 Å². The number of carbonyl (C=O) groups is 1. The topological polar surface area (TPSA) is 59.0 Å². The van der Waals surface area contributed by atoms with Crippen LogP contribution >= 0.6 is 0 Å². The summed E-state index contributed by atoms with van der Waals surface area (Å²) in [5.74, 6) is 0.715. The number of rotatable bonds is 7. The Morgan fingerprint density at radius 1 is 1.40 bits per heavy atom. The molecule has 0 saturated carbocycles. The van der Waals surface area contributed by atoms with E-state index in [1.165, 1.54) is 0 Å². The summed E-state index contributed by atoms with van der Waals surface area (Å²) >= 11 is 0. The fourth-order valence-electron chi connectivity index (χ4n) is 2.63. The summed E-state index contributed by atoms with van der Waals surface area (Å²) < 4.78 is 11.0. The van der Waals surface area contributed by atoms with Crippen LogP contribution in [0.25, 0.3) is 0 Å². The van der Waals surface area contributed by atoms with E-state index in [4.69, 9.17) is 14.6 Å². The number of benzene rings is 1. The van der Waals surface area contributed by atoms with Crippen LogP contribution in [0, 0.1) is 0 Å². The molecular formula is C15H21NO4. The first-order chi connectivity index (χ1) is 9.70. The average Bonchev–Trinajstić information content (AvgIpc) is 2.86. The summed E-state index contributed by atoms with van der Waals surface area (Å²) in [6, 6.07) is 7.68. The molecule has 1 aliphatic heterocycles. The fourth-order valence-corrected chi connectivity index (χ4v) is 2.63. The Bertz CT molecular complexity index is 449. The highest BCUT2D eigenvalue weighted by atomic mass is 16.5. The first-order valence-electron chi connectivity index (χ1n) is 6.92. The fraction of sp³-hybridized carbons (Fsp3) is 0.533. The first-order valence-corrected chi connectivity index (χ1v) is 6.92. The third kappa shape index (κ3) is 3.87. The van der Waals surface area contributed by atoms with Gasteiger partial charge in [0.2, 0.25) is 0 Å². The Labute approximate surface area is 119 Å². The van der Waals surface area contributed by atoms with E-state index in [0.29, 0.717) is 6.61 Å². The summed E-state index contributed by atoms with van der Waals surface area (Å²) in [5.41, 5.74) is 0. The van der Waals surface area contributed by atoms with E-state index in [2.05, 4.69) is 4.90 Å². The molecule has 1 aromatic carbocycles. The molecule has 5 nitrogen and oxygen atoms in total. The van der Waals surface area contributed by atoms with Crippen molar-refractivity contribution in [3.05, 3.63) is 24.3 Å². The number of carboxylic acids is 1. The van der Waals surface area contributed by atoms with Gasteiger partial charge in [-0.15, -0.1) is 0 Å². The highest BCUT2D eigenvalue weighted by molar-refractivity contribution is 5.67. The molecule has 0 spiro atoms. The molecule has 1 unspecified atom stereocenters. The van der Waals surface area contributed by atoms with E-state index in [1.807, 2.05) is 24.3 Å². The van der Waals surface area contributed by atoms with Gasteiger partial charge >= 0.3 is 5.97 Å². The zero-order chi connectivity index (χ0) is 14.4. The van der Waals surface area contributed by atoms with E-state index in [-0.39, 0.29) is 12.5 Å². The maximum absolute atomic E-state index is 10.8. The Kier molecular flexibility index (Phi) is 5.24. The number of para-hydroxylation sites is 2. The van der Waals surface area contributed by atoms with Gasteiger partial charge < -0.3 is 14.6 Å². The maximum atomic E-state index is 10.8. The Morgan fingerprint density at radius 3 is 2.85 bits per heavy atom. The minimum Gasteiger partial charge on any atom is -0.493 e. The monoisotopic (exact) mass is 279 g/mol. The van der Waals surface area contributed by atoms with Crippen molar-refractivity contribution in [2.75, 3.05) is 26.8 Å². The molecule has 1 N–H and O–H groups in total. The van der Waals surface area contributed by atoms with Crippen molar-refractivity contribution in [1.29, 1.82) is 0 Å². The predicted octanol–water partition coefficient (Wildman–Crippen LogP) is 2.01. The normalized spacial score (nSPS) is 18.9. The van der Waals surface area contributed by atoms with Gasteiger partial charge in [-0.2, -0.15) is 0 Å². The highest BCUT2D eigenvalue weighted by Crippen LogP contribution is 2.26. The smallest absolute Gasteiger partial charge is 0.304 e. The third-order valence-corrected chi connectivity index (χ3v) is 3.61. The molecule has 20 heavy (non-hydrogen) atoms. The maximum Gasteiger partial charge on any atom is 0.304 e. The zero-order valence-electron chi connectivity index (χ0n) is 11.7. The van der Waals surface area contributed by atoms with E-state index in [1.54, 1.807) is 7.11 Å². The Morgan fingerprint density at radius 2 is 2.15 bits per heavy atom. The molecule has 1 aromatic rings. The number of methoxy groups -OCH3 is 1. The number of aliphatic carboxylic acids is 1. The van der Waals surface area contributed by atoms with Crippen molar-refractivity contribution >= 4 is 5.97 Å². The van der Waals surface area contributed by atoms with Crippen molar-refractivity contribution < 1.29 is 19.4 Å².